The summed E-state index contributed by atoms with van der Waals surface area (Å²) in [6, 6.07) is 2.71. The van der Waals surface area contributed by atoms with Crippen molar-refractivity contribution in [2.24, 2.45) is 0 Å². The zero-order chi connectivity index (χ0) is 22.8. The molecule has 0 saturated carbocycles. The lowest BCUT2D eigenvalue weighted by Crippen LogP contribution is -2.11. The van der Waals surface area contributed by atoms with Gasteiger partial charge in [-0.05, 0) is 43.1 Å². The molecule has 1 N–H and O–H groups in total. The van der Waals surface area contributed by atoms with Crippen LogP contribution in [-0.4, -0.2) is 38.0 Å². The molecule has 0 amide bonds. The summed E-state index contributed by atoms with van der Waals surface area (Å²) in [6.07, 6.45) is -8.17. The smallest absolute Gasteiger partial charge is 0.416 e. The number of nitrogens with one attached hydrogen (secondary N) is 1. The number of aromatic amines is 1. The van der Waals surface area contributed by atoms with Gasteiger partial charge < -0.3 is 4.74 Å². The highest BCUT2D eigenvalue weighted by Crippen LogP contribution is 2.38. The molecular weight excluding hydrogens is 468 g/mol. The lowest BCUT2D eigenvalue weighted by molar-refractivity contribution is -0.143. The number of hydrogen-bond acceptors (Lipinski definition) is 7. The van der Waals surface area contributed by atoms with Gasteiger partial charge >= 0.3 is 12.4 Å². The predicted molar refractivity (Wildman–Crippen MR) is 101 cm³/mol. The number of alkyl halides is 6. The summed E-state index contributed by atoms with van der Waals surface area (Å²) in [7, 11) is 0. The first-order valence-corrected chi connectivity index (χ1v) is 10.5. The minimum atomic E-state index is -4.96. The van der Waals surface area contributed by atoms with Gasteiger partial charge in [0.05, 0.1) is 17.7 Å². The Morgan fingerprint density at radius 2 is 1.58 bits per heavy atom. The van der Waals surface area contributed by atoms with Crippen molar-refractivity contribution in [3.8, 4) is 17.3 Å². The molecule has 166 valence electrons. The zero-order valence-corrected chi connectivity index (χ0v) is 17.4. The van der Waals surface area contributed by atoms with Gasteiger partial charge in [-0.25, -0.2) is 9.97 Å². The van der Waals surface area contributed by atoms with Crippen molar-refractivity contribution in [1.29, 1.82) is 0 Å². The lowest BCUT2D eigenvalue weighted by Gasteiger charge is -2.13. The van der Waals surface area contributed by atoms with Crippen molar-refractivity contribution in [2.75, 3.05) is 12.9 Å². The van der Waals surface area contributed by atoms with Crippen LogP contribution in [0.2, 0.25) is 0 Å². The molecule has 14 heteroatoms. The van der Waals surface area contributed by atoms with E-state index in [1.165, 1.54) is 17.8 Å². The lowest BCUT2D eigenvalue weighted by atomic mass is 10.0. The largest absolute Gasteiger partial charge is 0.478 e. The Kier molecular flexibility index (Phi) is 6.69. The average Bonchev–Trinajstić information content (AvgIpc) is 3.15. The van der Waals surface area contributed by atoms with E-state index in [-0.39, 0.29) is 17.0 Å². The molecule has 2 aromatic heterocycles. The van der Waals surface area contributed by atoms with Crippen LogP contribution in [0.25, 0.3) is 11.4 Å². The average molecular weight is 481 g/mol. The molecule has 0 saturated heterocycles. The van der Waals surface area contributed by atoms with Gasteiger partial charge in [0.2, 0.25) is 5.88 Å². The van der Waals surface area contributed by atoms with Crippen molar-refractivity contribution >= 4 is 23.5 Å². The second-order valence-electron chi connectivity index (χ2n) is 5.82. The summed E-state index contributed by atoms with van der Waals surface area (Å²) in [6.45, 7) is 2.15. The highest BCUT2D eigenvalue weighted by Gasteiger charge is 2.37. The number of H-pyrrole nitrogens is 1. The molecule has 0 bridgehead atoms. The van der Waals surface area contributed by atoms with E-state index in [0.717, 1.165) is 11.8 Å². The number of halogens is 6. The van der Waals surface area contributed by atoms with Crippen LogP contribution in [0, 0.1) is 0 Å². The van der Waals surface area contributed by atoms with E-state index in [0.29, 0.717) is 34.8 Å². The van der Waals surface area contributed by atoms with Gasteiger partial charge in [0.15, 0.2) is 16.1 Å². The van der Waals surface area contributed by atoms with E-state index < -0.39 is 29.0 Å². The second kappa shape index (κ2) is 8.94. The Balaban J connectivity index is 1.95. The summed E-state index contributed by atoms with van der Waals surface area (Å²) in [5.74, 6) is 0.0000592. The number of rotatable bonds is 6. The quantitative estimate of drug-likeness (QED) is 0.213. The highest BCUT2D eigenvalue weighted by molar-refractivity contribution is 7.99. The number of ether oxygens (including phenoxy) is 1. The summed E-state index contributed by atoms with van der Waals surface area (Å²) in [5.41, 5.74) is -3.32. The first-order chi connectivity index (χ1) is 14.5. The Bertz CT molecular complexity index is 1040. The molecule has 2 heterocycles. The van der Waals surface area contributed by atoms with Crippen LogP contribution in [0.5, 0.6) is 5.88 Å². The normalized spacial score (nSPS) is 12.3. The number of aromatic nitrogens is 5. The first-order valence-electron chi connectivity index (χ1n) is 8.45. The molecule has 3 rings (SSSR count). The van der Waals surface area contributed by atoms with E-state index in [9.17, 15) is 26.3 Å². The van der Waals surface area contributed by atoms with Gasteiger partial charge in [0.25, 0.3) is 0 Å². The molecular formula is C17H13F6N5OS2. The van der Waals surface area contributed by atoms with Gasteiger partial charge in [-0.1, -0.05) is 11.8 Å². The van der Waals surface area contributed by atoms with Crippen LogP contribution < -0.4 is 4.74 Å². The SMILES string of the molecule is CCOc1cc(Sc2nc(-c3cc(C(F)(F)F)cc(C(F)(F)F)c3)n[nH]2)nc(SC)n1. The maximum Gasteiger partial charge on any atom is 0.416 e. The molecule has 0 aliphatic heterocycles. The predicted octanol–water partition coefficient (Wildman–Crippen LogP) is 5.57. The van der Waals surface area contributed by atoms with Gasteiger partial charge in [-0.15, -0.1) is 0 Å². The zero-order valence-electron chi connectivity index (χ0n) is 15.8. The van der Waals surface area contributed by atoms with Gasteiger partial charge in [-0.3, -0.25) is 5.10 Å². The first kappa shape index (κ1) is 23.2. The number of benzene rings is 1. The van der Waals surface area contributed by atoms with Crippen LogP contribution in [0.3, 0.4) is 0 Å². The van der Waals surface area contributed by atoms with Crippen molar-refractivity contribution < 1.29 is 31.1 Å². The number of thioether (sulfide) groups is 1. The summed E-state index contributed by atoms with van der Waals surface area (Å²) >= 11 is 2.24. The maximum absolute atomic E-state index is 13.1. The molecule has 31 heavy (non-hydrogen) atoms. The summed E-state index contributed by atoms with van der Waals surface area (Å²) in [5, 5.41) is 7.19. The van der Waals surface area contributed by atoms with E-state index in [2.05, 4.69) is 25.1 Å². The molecule has 0 spiro atoms. The topological polar surface area (TPSA) is 76.6 Å². The fourth-order valence-corrected chi connectivity index (χ4v) is 3.50. The minimum absolute atomic E-state index is 0.0475. The van der Waals surface area contributed by atoms with Crippen LogP contribution in [0.1, 0.15) is 18.1 Å². The van der Waals surface area contributed by atoms with Crippen LogP contribution in [0.4, 0.5) is 26.3 Å². The van der Waals surface area contributed by atoms with E-state index in [1.54, 1.807) is 13.2 Å². The maximum atomic E-state index is 13.1. The van der Waals surface area contributed by atoms with Crippen molar-refractivity contribution in [3.05, 3.63) is 35.4 Å². The molecule has 6 nitrogen and oxygen atoms in total. The van der Waals surface area contributed by atoms with Crippen molar-refractivity contribution in [3.63, 3.8) is 0 Å². The monoisotopic (exact) mass is 481 g/mol. The highest BCUT2D eigenvalue weighted by atomic mass is 32.2. The Morgan fingerprint density at radius 1 is 0.935 bits per heavy atom. The minimum Gasteiger partial charge on any atom is -0.478 e. The third-order valence-corrected chi connectivity index (χ3v) is 4.99. The third kappa shape index (κ3) is 5.81. The van der Waals surface area contributed by atoms with Gasteiger partial charge in [0, 0.05) is 11.6 Å². The van der Waals surface area contributed by atoms with Crippen LogP contribution >= 0.6 is 23.5 Å². The Morgan fingerprint density at radius 3 is 2.13 bits per heavy atom. The molecule has 0 aliphatic rings. The molecule has 0 unspecified atom stereocenters. The standard InChI is InChI=1S/C17H13F6N5OS2/c1-3-29-11-7-12(25-14(24-11)30-2)31-15-26-13(27-28-15)8-4-9(16(18,19)20)6-10(5-8)17(21,22)23/h4-7H,3H2,1-2H3,(H,26,27,28). The Labute approximate surface area is 180 Å². The van der Waals surface area contributed by atoms with E-state index in [1.807, 2.05) is 0 Å². The second-order valence-corrected chi connectivity index (χ2v) is 7.61. The third-order valence-electron chi connectivity index (χ3n) is 3.65. The van der Waals surface area contributed by atoms with Crippen molar-refractivity contribution in [1.82, 2.24) is 25.1 Å². The Hall–Kier alpha value is -2.48. The summed E-state index contributed by atoms with van der Waals surface area (Å²) in [4.78, 5) is 12.4. The molecule has 0 aliphatic carbocycles. The summed E-state index contributed by atoms with van der Waals surface area (Å²) < 4.78 is 83.8. The van der Waals surface area contributed by atoms with E-state index >= 15 is 0 Å². The van der Waals surface area contributed by atoms with Crippen LogP contribution in [0.15, 0.2) is 39.6 Å². The molecule has 0 fully saturated rings. The van der Waals surface area contributed by atoms with E-state index in [4.69, 9.17) is 4.74 Å². The van der Waals surface area contributed by atoms with Gasteiger partial charge in [0.1, 0.15) is 5.03 Å². The number of hydrogen-bond donors (Lipinski definition) is 1. The number of nitrogens with zero attached hydrogens (tertiary/aromatic N) is 4. The molecule has 3 aromatic rings. The molecule has 0 atom stereocenters. The fraction of sp³-hybridized carbons (Fsp3) is 0.294. The molecule has 1 aromatic carbocycles. The fourth-order valence-electron chi connectivity index (χ4n) is 2.35. The van der Waals surface area contributed by atoms with Gasteiger partial charge in [-0.2, -0.15) is 36.4 Å². The molecule has 0 radical (unpaired) electrons. The van der Waals surface area contributed by atoms with Crippen LogP contribution in [-0.2, 0) is 12.4 Å². The van der Waals surface area contributed by atoms with Crippen molar-refractivity contribution in [2.45, 2.75) is 34.6 Å².